The van der Waals surface area contributed by atoms with E-state index < -0.39 is 0 Å². The van der Waals surface area contributed by atoms with Gasteiger partial charge in [-0.3, -0.25) is 9.59 Å². The second kappa shape index (κ2) is 7.45. The van der Waals surface area contributed by atoms with E-state index in [1.165, 1.54) is 4.57 Å². The standard InChI is InChI=1S/C17H20N2O3/c1-3-11-22-15-9-5-4-8-14(15)18-16(20)12-19-10-6-7-13(2)17(19)21/h4-10H,3,11-12H2,1-2H3,(H,18,20). The number of rotatable bonds is 6. The monoisotopic (exact) mass is 300 g/mol. The lowest BCUT2D eigenvalue weighted by molar-refractivity contribution is -0.116. The van der Waals surface area contributed by atoms with E-state index in [9.17, 15) is 9.59 Å². The molecule has 0 aliphatic carbocycles. The number of anilines is 1. The van der Waals surface area contributed by atoms with Crippen LogP contribution in [0.5, 0.6) is 5.75 Å². The third-order valence-corrected chi connectivity index (χ3v) is 3.15. The fourth-order valence-corrected chi connectivity index (χ4v) is 2.03. The summed E-state index contributed by atoms with van der Waals surface area (Å²) in [6.45, 7) is 4.31. The van der Waals surface area contributed by atoms with E-state index in [1.54, 1.807) is 31.3 Å². The Morgan fingerprint density at radius 2 is 2.00 bits per heavy atom. The van der Waals surface area contributed by atoms with E-state index in [2.05, 4.69) is 5.32 Å². The number of nitrogens with one attached hydrogen (secondary N) is 1. The van der Waals surface area contributed by atoms with E-state index in [0.29, 0.717) is 23.6 Å². The maximum Gasteiger partial charge on any atom is 0.253 e. The molecule has 0 spiro atoms. The van der Waals surface area contributed by atoms with Crippen LogP contribution in [-0.4, -0.2) is 17.1 Å². The van der Waals surface area contributed by atoms with Gasteiger partial charge < -0.3 is 14.6 Å². The zero-order valence-corrected chi connectivity index (χ0v) is 12.8. The molecule has 1 aromatic carbocycles. The number of nitrogens with zero attached hydrogens (tertiary/aromatic N) is 1. The molecule has 22 heavy (non-hydrogen) atoms. The van der Waals surface area contributed by atoms with Crippen molar-refractivity contribution in [3.8, 4) is 5.75 Å². The molecule has 0 atom stereocenters. The molecule has 0 bridgehead atoms. The Balaban J connectivity index is 2.09. The van der Waals surface area contributed by atoms with Gasteiger partial charge in [0.05, 0.1) is 12.3 Å². The van der Waals surface area contributed by atoms with Gasteiger partial charge in [0.15, 0.2) is 0 Å². The molecule has 0 unspecified atom stereocenters. The minimum absolute atomic E-state index is 0.0252. The Kier molecular flexibility index (Phi) is 5.36. The summed E-state index contributed by atoms with van der Waals surface area (Å²) in [5, 5.41) is 2.79. The number of ether oxygens (including phenoxy) is 1. The van der Waals surface area contributed by atoms with Gasteiger partial charge in [0.1, 0.15) is 12.3 Å². The summed E-state index contributed by atoms with van der Waals surface area (Å²) in [7, 11) is 0. The van der Waals surface area contributed by atoms with Crippen LogP contribution in [0, 0.1) is 6.92 Å². The van der Waals surface area contributed by atoms with Crippen molar-refractivity contribution in [3.05, 3.63) is 58.5 Å². The van der Waals surface area contributed by atoms with Gasteiger partial charge in [0.25, 0.3) is 5.56 Å². The van der Waals surface area contributed by atoms with Crippen molar-refractivity contribution in [1.29, 1.82) is 0 Å². The van der Waals surface area contributed by atoms with E-state index in [4.69, 9.17) is 4.74 Å². The van der Waals surface area contributed by atoms with Crippen LogP contribution in [0.25, 0.3) is 0 Å². The number of hydrogen-bond donors (Lipinski definition) is 1. The summed E-state index contributed by atoms with van der Waals surface area (Å²) < 4.78 is 6.99. The highest BCUT2D eigenvalue weighted by Gasteiger charge is 2.09. The molecule has 116 valence electrons. The van der Waals surface area contributed by atoms with Gasteiger partial charge in [-0.15, -0.1) is 0 Å². The molecule has 0 radical (unpaired) electrons. The lowest BCUT2D eigenvalue weighted by atomic mass is 10.3. The normalized spacial score (nSPS) is 10.3. The van der Waals surface area contributed by atoms with Crippen molar-refractivity contribution < 1.29 is 9.53 Å². The smallest absolute Gasteiger partial charge is 0.253 e. The van der Waals surface area contributed by atoms with Gasteiger partial charge in [-0.2, -0.15) is 0 Å². The molecule has 2 aromatic rings. The molecule has 0 aliphatic rings. The van der Waals surface area contributed by atoms with Crippen LogP contribution in [0.2, 0.25) is 0 Å². The Morgan fingerprint density at radius 3 is 2.77 bits per heavy atom. The van der Waals surface area contributed by atoms with Crippen LogP contribution >= 0.6 is 0 Å². The maximum atomic E-state index is 12.1. The summed E-state index contributed by atoms with van der Waals surface area (Å²) in [5.74, 6) is 0.370. The van der Waals surface area contributed by atoms with Crippen molar-refractivity contribution in [2.45, 2.75) is 26.8 Å². The van der Waals surface area contributed by atoms with Gasteiger partial charge in [0, 0.05) is 11.8 Å². The molecule has 5 heteroatoms. The van der Waals surface area contributed by atoms with E-state index >= 15 is 0 Å². The second-order valence-corrected chi connectivity index (χ2v) is 5.02. The molecule has 1 N–H and O–H groups in total. The van der Waals surface area contributed by atoms with Crippen molar-refractivity contribution in [2.24, 2.45) is 0 Å². The highest BCUT2D eigenvalue weighted by atomic mass is 16.5. The zero-order chi connectivity index (χ0) is 15.9. The third kappa shape index (κ3) is 3.97. The van der Waals surface area contributed by atoms with E-state index in [1.807, 2.05) is 25.1 Å². The first-order valence-electron chi connectivity index (χ1n) is 7.29. The first-order valence-corrected chi connectivity index (χ1v) is 7.29. The highest BCUT2D eigenvalue weighted by Crippen LogP contribution is 2.23. The van der Waals surface area contributed by atoms with Gasteiger partial charge in [-0.1, -0.05) is 25.1 Å². The lowest BCUT2D eigenvalue weighted by Crippen LogP contribution is -2.28. The summed E-state index contributed by atoms with van der Waals surface area (Å²) in [5.41, 5.74) is 1.07. The van der Waals surface area contributed by atoms with E-state index in [-0.39, 0.29) is 18.0 Å². The zero-order valence-electron chi connectivity index (χ0n) is 12.8. The molecule has 1 amide bonds. The lowest BCUT2D eigenvalue weighted by Gasteiger charge is -2.12. The Hall–Kier alpha value is -2.56. The van der Waals surface area contributed by atoms with Crippen LogP contribution < -0.4 is 15.6 Å². The first kappa shape index (κ1) is 15.8. The van der Waals surface area contributed by atoms with E-state index in [0.717, 1.165) is 6.42 Å². The number of aryl methyl sites for hydroxylation is 1. The number of carbonyl (C=O) groups is 1. The Labute approximate surface area is 129 Å². The third-order valence-electron chi connectivity index (χ3n) is 3.15. The topological polar surface area (TPSA) is 60.3 Å². The quantitative estimate of drug-likeness (QED) is 0.892. The van der Waals surface area contributed by atoms with Crippen LogP contribution in [0.1, 0.15) is 18.9 Å². The fraction of sp³-hybridized carbons (Fsp3) is 0.294. The van der Waals surface area contributed by atoms with Gasteiger partial charge in [-0.25, -0.2) is 0 Å². The van der Waals surface area contributed by atoms with Gasteiger partial charge in [0.2, 0.25) is 5.91 Å². The van der Waals surface area contributed by atoms with Crippen molar-refractivity contribution in [1.82, 2.24) is 4.57 Å². The molecule has 2 rings (SSSR count). The summed E-state index contributed by atoms with van der Waals surface area (Å²) in [6, 6.07) is 10.7. The molecule has 0 saturated heterocycles. The second-order valence-electron chi connectivity index (χ2n) is 5.02. The number of aromatic nitrogens is 1. The number of pyridine rings is 1. The van der Waals surface area contributed by atoms with Gasteiger partial charge in [-0.05, 0) is 31.5 Å². The molecule has 0 saturated carbocycles. The van der Waals surface area contributed by atoms with Crippen LogP contribution in [0.15, 0.2) is 47.4 Å². The van der Waals surface area contributed by atoms with Crippen molar-refractivity contribution >= 4 is 11.6 Å². The van der Waals surface area contributed by atoms with Gasteiger partial charge >= 0.3 is 0 Å². The highest BCUT2D eigenvalue weighted by molar-refractivity contribution is 5.92. The minimum Gasteiger partial charge on any atom is -0.491 e. The van der Waals surface area contributed by atoms with Crippen LogP contribution in [0.3, 0.4) is 0 Å². The number of carbonyl (C=O) groups excluding carboxylic acids is 1. The summed E-state index contributed by atoms with van der Waals surface area (Å²) in [6.07, 6.45) is 2.50. The molecular formula is C17H20N2O3. The van der Waals surface area contributed by atoms with Crippen molar-refractivity contribution in [3.63, 3.8) is 0 Å². The molecular weight excluding hydrogens is 280 g/mol. The SMILES string of the molecule is CCCOc1ccccc1NC(=O)Cn1cccc(C)c1=O. The minimum atomic E-state index is -0.264. The number of hydrogen-bond acceptors (Lipinski definition) is 3. The Morgan fingerprint density at radius 1 is 1.23 bits per heavy atom. The van der Waals surface area contributed by atoms with Crippen LogP contribution in [-0.2, 0) is 11.3 Å². The summed E-state index contributed by atoms with van der Waals surface area (Å²) in [4.78, 5) is 24.1. The average molecular weight is 300 g/mol. The molecule has 5 nitrogen and oxygen atoms in total. The number of benzene rings is 1. The largest absolute Gasteiger partial charge is 0.491 e. The average Bonchev–Trinajstić information content (AvgIpc) is 2.51. The number of para-hydroxylation sites is 2. The van der Waals surface area contributed by atoms with Crippen molar-refractivity contribution in [2.75, 3.05) is 11.9 Å². The molecule has 1 heterocycles. The summed E-state index contributed by atoms with van der Waals surface area (Å²) >= 11 is 0. The maximum absolute atomic E-state index is 12.1. The Bertz CT molecular complexity index is 707. The molecule has 0 aliphatic heterocycles. The van der Waals surface area contributed by atoms with Crippen LogP contribution in [0.4, 0.5) is 5.69 Å². The molecule has 0 fully saturated rings. The first-order chi connectivity index (χ1) is 10.6. The number of amides is 1. The predicted octanol–water partition coefficient (Wildman–Crippen LogP) is 2.58. The predicted molar refractivity (Wildman–Crippen MR) is 86.3 cm³/mol. The fourth-order valence-electron chi connectivity index (χ4n) is 2.03. The molecule has 1 aromatic heterocycles.